The van der Waals surface area contributed by atoms with E-state index in [1.165, 1.54) is 0 Å². The molecule has 0 unspecified atom stereocenters. The van der Waals surface area contributed by atoms with Crippen LogP contribution in [-0.2, 0) is 18.9 Å². The second kappa shape index (κ2) is 4.66. The fourth-order valence-corrected chi connectivity index (χ4v) is 11.3. The number of methoxy groups -OCH3 is 2. The van der Waals surface area contributed by atoms with E-state index in [2.05, 4.69) is 0 Å². The molecule has 0 aromatic heterocycles. The molecule has 6 saturated carbocycles. The zero-order chi connectivity index (χ0) is 18.7. The molecule has 6 heteroatoms. The zero-order valence-electron chi connectivity index (χ0n) is 16.4. The molecule has 28 heavy (non-hydrogen) atoms. The summed E-state index contributed by atoms with van der Waals surface area (Å²) in [6.45, 7) is 0. The van der Waals surface area contributed by atoms with E-state index in [1.807, 2.05) is 0 Å². The van der Waals surface area contributed by atoms with Crippen molar-refractivity contribution >= 4 is 0 Å². The molecule has 8 fully saturated rings. The fraction of sp³-hybridized carbons (Fsp3) is 1.00. The van der Waals surface area contributed by atoms with E-state index in [0.717, 1.165) is 25.7 Å². The molecular formula is C22H30O6. The van der Waals surface area contributed by atoms with Crippen LogP contribution in [0.2, 0.25) is 0 Å². The van der Waals surface area contributed by atoms with Crippen molar-refractivity contribution in [3.63, 3.8) is 0 Å². The van der Waals surface area contributed by atoms with E-state index in [-0.39, 0.29) is 35.9 Å². The van der Waals surface area contributed by atoms with Gasteiger partial charge in [0.05, 0.1) is 12.2 Å². The first-order valence-corrected chi connectivity index (χ1v) is 11.4. The largest absolute Gasteiger partial charge is 0.384 e. The lowest BCUT2D eigenvalue weighted by atomic mass is 9.67. The summed E-state index contributed by atoms with van der Waals surface area (Å²) < 4.78 is 24.6. The summed E-state index contributed by atoms with van der Waals surface area (Å²) in [5.74, 6) is 2.90. The second-order valence-electron chi connectivity index (χ2n) is 11.2. The third kappa shape index (κ3) is 1.31. The first-order chi connectivity index (χ1) is 13.6. The maximum absolute atomic E-state index is 12.4. The van der Waals surface area contributed by atoms with Crippen molar-refractivity contribution in [2.24, 2.45) is 59.2 Å². The number of aliphatic hydroxyl groups is 2. The lowest BCUT2D eigenvalue weighted by molar-refractivity contribution is -0.317. The SMILES string of the molecule is CO[C@@H]1O[C@H]2CC[C@H]3[C@H]2[C@H]2[C@H]4[C@H]5[C@H]6[C@@H]7[C@H](CC[C@H]7O[C@@H](OC)[C@@]6(O)[C@@H]34)[C@H]5[C@@]12O. The maximum Gasteiger partial charge on any atom is 0.186 e. The molecule has 154 valence electrons. The molecule has 6 aliphatic carbocycles. The fourth-order valence-electron chi connectivity index (χ4n) is 11.3. The number of fused-ring (bicyclic) bond motifs is 4. The summed E-state index contributed by atoms with van der Waals surface area (Å²) in [5, 5.41) is 24.7. The summed E-state index contributed by atoms with van der Waals surface area (Å²) in [4.78, 5) is 0. The normalized spacial score (nSPS) is 74.1. The molecule has 16 atom stereocenters. The van der Waals surface area contributed by atoms with E-state index in [4.69, 9.17) is 18.9 Å². The van der Waals surface area contributed by atoms with E-state index < -0.39 is 23.8 Å². The van der Waals surface area contributed by atoms with Crippen LogP contribution >= 0.6 is 0 Å². The standard InChI is InChI=1S/C22H30O6/c1-25-19-21(23)15-7-4-6-10-12(7)18-13(15)14-16(22(18,24)20(26-2)28-10)8-3-5-9(27-19)11(8)17(14)21/h7-20,23-24H,3-6H2,1-2H3/t7-,8-,9-,10+,11+,12+,13+,14-,15+,16-,17-,18+,19+,20+,21-,22+/m0/s1. The molecular weight excluding hydrogens is 360 g/mol. The predicted molar refractivity (Wildman–Crippen MR) is 94.6 cm³/mol. The lowest BCUT2D eigenvalue weighted by Gasteiger charge is -2.51. The third-order valence-corrected chi connectivity index (χ3v) is 11.2. The van der Waals surface area contributed by atoms with Crippen molar-refractivity contribution in [3.05, 3.63) is 0 Å². The van der Waals surface area contributed by atoms with Gasteiger partial charge in [0.15, 0.2) is 12.6 Å². The average molecular weight is 390 g/mol. The Hall–Kier alpha value is -0.240. The van der Waals surface area contributed by atoms with Crippen LogP contribution < -0.4 is 0 Å². The first-order valence-electron chi connectivity index (χ1n) is 11.4. The Morgan fingerprint density at radius 1 is 0.643 bits per heavy atom. The number of rotatable bonds is 2. The second-order valence-corrected chi connectivity index (χ2v) is 11.2. The van der Waals surface area contributed by atoms with Gasteiger partial charge >= 0.3 is 0 Å². The van der Waals surface area contributed by atoms with Crippen LogP contribution in [0.4, 0.5) is 0 Å². The molecule has 8 aliphatic rings. The van der Waals surface area contributed by atoms with Gasteiger partial charge in [-0.3, -0.25) is 0 Å². The highest BCUT2D eigenvalue weighted by Gasteiger charge is 2.89. The molecule has 8 rings (SSSR count). The van der Waals surface area contributed by atoms with Gasteiger partial charge in [0.25, 0.3) is 0 Å². The van der Waals surface area contributed by atoms with Crippen molar-refractivity contribution in [2.75, 3.05) is 14.2 Å². The van der Waals surface area contributed by atoms with Crippen molar-refractivity contribution in [2.45, 2.75) is 61.7 Å². The summed E-state index contributed by atoms with van der Waals surface area (Å²) in [6.07, 6.45) is 3.41. The van der Waals surface area contributed by atoms with Crippen LogP contribution in [0, 0.1) is 59.2 Å². The van der Waals surface area contributed by atoms with Gasteiger partial charge in [-0.15, -0.1) is 0 Å². The van der Waals surface area contributed by atoms with Gasteiger partial charge in [0, 0.05) is 26.1 Å². The molecule has 0 spiro atoms. The number of ether oxygens (including phenoxy) is 4. The van der Waals surface area contributed by atoms with Gasteiger partial charge < -0.3 is 29.2 Å². The average Bonchev–Trinajstić information content (AvgIpc) is 3.44. The Labute approximate surface area is 164 Å². The Morgan fingerprint density at radius 2 is 1.07 bits per heavy atom. The minimum absolute atomic E-state index is 0.157. The van der Waals surface area contributed by atoms with Crippen molar-refractivity contribution in [1.29, 1.82) is 0 Å². The van der Waals surface area contributed by atoms with Crippen LogP contribution in [0.5, 0.6) is 0 Å². The van der Waals surface area contributed by atoms with Crippen molar-refractivity contribution in [1.82, 2.24) is 0 Å². The molecule has 2 N–H and O–H groups in total. The third-order valence-electron chi connectivity index (χ3n) is 11.2. The highest BCUT2D eigenvalue weighted by atomic mass is 16.7. The molecule has 0 radical (unpaired) electrons. The molecule has 2 saturated heterocycles. The van der Waals surface area contributed by atoms with E-state index in [1.54, 1.807) is 14.2 Å². The lowest BCUT2D eigenvalue weighted by Crippen LogP contribution is -2.62. The molecule has 2 aliphatic heterocycles. The summed E-state index contributed by atoms with van der Waals surface area (Å²) >= 11 is 0. The summed E-state index contributed by atoms with van der Waals surface area (Å²) in [6, 6.07) is 0. The zero-order valence-corrected chi connectivity index (χ0v) is 16.4. The topological polar surface area (TPSA) is 77.4 Å². The Bertz CT molecular complexity index is 697. The monoisotopic (exact) mass is 390 g/mol. The van der Waals surface area contributed by atoms with E-state index >= 15 is 0 Å². The highest BCUT2D eigenvalue weighted by Crippen LogP contribution is 2.84. The highest BCUT2D eigenvalue weighted by molar-refractivity contribution is 5.35. The smallest absolute Gasteiger partial charge is 0.186 e. The Morgan fingerprint density at radius 3 is 1.46 bits per heavy atom. The van der Waals surface area contributed by atoms with E-state index in [9.17, 15) is 10.2 Å². The predicted octanol–water partition coefficient (Wildman–Crippen LogP) is 0.995. The molecule has 0 amide bonds. The molecule has 6 nitrogen and oxygen atoms in total. The Kier molecular flexibility index (Phi) is 2.74. The first kappa shape index (κ1) is 16.5. The van der Waals surface area contributed by atoms with Gasteiger partial charge in [-0.25, -0.2) is 0 Å². The van der Waals surface area contributed by atoms with Crippen LogP contribution in [0.15, 0.2) is 0 Å². The van der Waals surface area contributed by atoms with Gasteiger partial charge in [0.1, 0.15) is 11.2 Å². The van der Waals surface area contributed by atoms with Gasteiger partial charge in [0.2, 0.25) is 0 Å². The quantitative estimate of drug-likeness (QED) is 0.733. The Balaban J connectivity index is 1.41. The van der Waals surface area contributed by atoms with Gasteiger partial charge in [-0.05, 0) is 73.0 Å². The molecule has 0 bridgehead atoms. The van der Waals surface area contributed by atoms with Crippen LogP contribution in [0.3, 0.4) is 0 Å². The van der Waals surface area contributed by atoms with Crippen LogP contribution in [-0.4, -0.2) is 60.4 Å². The number of hydrogen-bond donors (Lipinski definition) is 2. The van der Waals surface area contributed by atoms with E-state index in [0.29, 0.717) is 35.5 Å². The van der Waals surface area contributed by atoms with Gasteiger partial charge in [-0.1, -0.05) is 0 Å². The summed E-state index contributed by atoms with van der Waals surface area (Å²) in [7, 11) is 3.38. The van der Waals surface area contributed by atoms with Crippen LogP contribution in [0.1, 0.15) is 25.7 Å². The van der Waals surface area contributed by atoms with Crippen molar-refractivity contribution in [3.8, 4) is 0 Å². The minimum atomic E-state index is -0.913. The maximum atomic E-state index is 12.4. The molecule has 0 aromatic rings. The molecule has 2 heterocycles. The molecule has 0 aromatic carbocycles. The van der Waals surface area contributed by atoms with Crippen LogP contribution in [0.25, 0.3) is 0 Å². The summed E-state index contributed by atoms with van der Waals surface area (Å²) in [5.41, 5.74) is -1.83. The van der Waals surface area contributed by atoms with Gasteiger partial charge in [-0.2, -0.15) is 0 Å². The number of hydrogen-bond acceptors (Lipinski definition) is 6. The minimum Gasteiger partial charge on any atom is -0.384 e. The van der Waals surface area contributed by atoms with Crippen molar-refractivity contribution < 1.29 is 29.2 Å².